The summed E-state index contributed by atoms with van der Waals surface area (Å²) in [6, 6.07) is 0.915. The minimum atomic E-state index is 0.389. The SMILES string of the molecule is NC1CC(Nc2nncs2)C1. The Labute approximate surface area is 68.8 Å². The lowest BCUT2D eigenvalue weighted by molar-refractivity contribution is 0.373. The monoisotopic (exact) mass is 170 g/mol. The van der Waals surface area contributed by atoms with Gasteiger partial charge >= 0.3 is 0 Å². The van der Waals surface area contributed by atoms with E-state index in [1.165, 1.54) is 11.3 Å². The van der Waals surface area contributed by atoms with Crippen LogP contribution in [-0.4, -0.2) is 22.3 Å². The van der Waals surface area contributed by atoms with E-state index < -0.39 is 0 Å². The van der Waals surface area contributed by atoms with Gasteiger partial charge in [0.25, 0.3) is 0 Å². The van der Waals surface area contributed by atoms with Crippen LogP contribution in [0.4, 0.5) is 5.13 Å². The first-order chi connectivity index (χ1) is 5.34. The second kappa shape index (κ2) is 2.75. The minimum Gasteiger partial charge on any atom is -0.357 e. The molecule has 1 heterocycles. The second-order valence-electron chi connectivity index (χ2n) is 2.82. The lowest BCUT2D eigenvalue weighted by Crippen LogP contribution is -2.44. The maximum absolute atomic E-state index is 5.63. The van der Waals surface area contributed by atoms with Crippen molar-refractivity contribution in [1.82, 2.24) is 10.2 Å². The first-order valence-electron chi connectivity index (χ1n) is 3.63. The topological polar surface area (TPSA) is 63.8 Å². The van der Waals surface area contributed by atoms with E-state index in [2.05, 4.69) is 15.5 Å². The minimum absolute atomic E-state index is 0.389. The molecule has 1 aromatic heterocycles. The molecule has 0 aromatic carbocycles. The second-order valence-corrected chi connectivity index (χ2v) is 3.65. The number of nitrogens with zero attached hydrogens (tertiary/aromatic N) is 2. The summed E-state index contributed by atoms with van der Waals surface area (Å²) in [6.45, 7) is 0. The van der Waals surface area contributed by atoms with E-state index in [4.69, 9.17) is 5.73 Å². The summed E-state index contributed by atoms with van der Waals surface area (Å²) < 4.78 is 0. The van der Waals surface area contributed by atoms with Crippen molar-refractivity contribution in [2.75, 3.05) is 5.32 Å². The Balaban J connectivity index is 1.84. The zero-order valence-electron chi connectivity index (χ0n) is 6.03. The Morgan fingerprint density at radius 2 is 2.45 bits per heavy atom. The molecule has 0 saturated heterocycles. The fraction of sp³-hybridized carbons (Fsp3) is 0.667. The fourth-order valence-corrected chi connectivity index (χ4v) is 1.71. The molecular formula is C6H10N4S. The van der Waals surface area contributed by atoms with Gasteiger partial charge in [-0.3, -0.25) is 0 Å². The number of nitrogens with one attached hydrogen (secondary N) is 1. The molecule has 5 heteroatoms. The quantitative estimate of drug-likeness (QED) is 0.676. The van der Waals surface area contributed by atoms with Crippen LogP contribution in [-0.2, 0) is 0 Å². The highest BCUT2D eigenvalue weighted by Crippen LogP contribution is 2.22. The number of rotatable bonds is 2. The van der Waals surface area contributed by atoms with Crippen LogP contribution in [0.15, 0.2) is 5.51 Å². The van der Waals surface area contributed by atoms with Gasteiger partial charge in [0, 0.05) is 12.1 Å². The molecule has 11 heavy (non-hydrogen) atoms. The predicted molar refractivity (Wildman–Crippen MR) is 44.5 cm³/mol. The molecular weight excluding hydrogens is 160 g/mol. The van der Waals surface area contributed by atoms with Crippen molar-refractivity contribution < 1.29 is 0 Å². The molecule has 0 spiro atoms. The average molecular weight is 170 g/mol. The van der Waals surface area contributed by atoms with Gasteiger partial charge in [-0.25, -0.2) is 0 Å². The van der Waals surface area contributed by atoms with Crippen LogP contribution in [0, 0.1) is 0 Å². The normalized spacial score (nSPS) is 29.5. The Morgan fingerprint density at radius 3 is 3.00 bits per heavy atom. The van der Waals surface area contributed by atoms with Crippen molar-refractivity contribution in [2.24, 2.45) is 5.73 Å². The van der Waals surface area contributed by atoms with E-state index >= 15 is 0 Å². The van der Waals surface area contributed by atoms with Crippen LogP contribution >= 0.6 is 11.3 Å². The summed E-state index contributed by atoms with van der Waals surface area (Å²) in [7, 11) is 0. The Bertz CT molecular complexity index is 216. The number of nitrogens with two attached hydrogens (primary N) is 1. The molecule has 1 aliphatic rings. The van der Waals surface area contributed by atoms with Crippen LogP contribution in [0.25, 0.3) is 0 Å². The fourth-order valence-electron chi connectivity index (χ4n) is 1.19. The van der Waals surface area contributed by atoms with Gasteiger partial charge in [0.1, 0.15) is 5.51 Å². The predicted octanol–water partition coefficient (Wildman–Crippen LogP) is 0.440. The maximum Gasteiger partial charge on any atom is 0.205 e. The summed E-state index contributed by atoms with van der Waals surface area (Å²) >= 11 is 1.53. The molecule has 0 unspecified atom stereocenters. The maximum atomic E-state index is 5.63. The standard InChI is InChI=1S/C6H10N4S/c7-4-1-5(2-4)9-6-10-8-3-11-6/h3-5H,1-2,7H2,(H,9,10). The van der Waals surface area contributed by atoms with E-state index in [1.54, 1.807) is 5.51 Å². The van der Waals surface area contributed by atoms with Crippen molar-refractivity contribution in [3.63, 3.8) is 0 Å². The Kier molecular flexibility index (Phi) is 1.75. The van der Waals surface area contributed by atoms with Crippen molar-refractivity contribution in [1.29, 1.82) is 0 Å². The van der Waals surface area contributed by atoms with Crippen molar-refractivity contribution in [3.8, 4) is 0 Å². The van der Waals surface area contributed by atoms with Gasteiger partial charge < -0.3 is 11.1 Å². The molecule has 1 aromatic rings. The zero-order chi connectivity index (χ0) is 7.68. The molecule has 0 radical (unpaired) electrons. The molecule has 4 nitrogen and oxygen atoms in total. The summed E-state index contributed by atoms with van der Waals surface area (Å²) in [4.78, 5) is 0. The van der Waals surface area contributed by atoms with Crippen molar-refractivity contribution in [3.05, 3.63) is 5.51 Å². The van der Waals surface area contributed by atoms with Crippen molar-refractivity contribution in [2.45, 2.75) is 24.9 Å². The van der Waals surface area contributed by atoms with E-state index in [-0.39, 0.29) is 0 Å². The molecule has 0 aliphatic heterocycles. The van der Waals surface area contributed by atoms with E-state index in [0.29, 0.717) is 12.1 Å². The third kappa shape index (κ3) is 1.49. The average Bonchev–Trinajstić information content (AvgIpc) is 2.36. The van der Waals surface area contributed by atoms with Gasteiger partial charge in [-0.1, -0.05) is 11.3 Å². The van der Waals surface area contributed by atoms with Gasteiger partial charge in [0.2, 0.25) is 5.13 Å². The first-order valence-corrected chi connectivity index (χ1v) is 4.51. The van der Waals surface area contributed by atoms with Crippen LogP contribution in [0.3, 0.4) is 0 Å². The van der Waals surface area contributed by atoms with Gasteiger partial charge in [0.15, 0.2) is 0 Å². The van der Waals surface area contributed by atoms with Crippen LogP contribution < -0.4 is 11.1 Å². The number of anilines is 1. The van der Waals surface area contributed by atoms with E-state index in [0.717, 1.165) is 18.0 Å². The third-order valence-electron chi connectivity index (χ3n) is 1.86. The molecule has 1 saturated carbocycles. The van der Waals surface area contributed by atoms with Gasteiger partial charge in [-0.15, -0.1) is 10.2 Å². The smallest absolute Gasteiger partial charge is 0.205 e. The van der Waals surface area contributed by atoms with Crippen LogP contribution in [0.5, 0.6) is 0 Å². The molecule has 1 fully saturated rings. The van der Waals surface area contributed by atoms with E-state index in [1.807, 2.05) is 0 Å². The Morgan fingerprint density at radius 1 is 1.64 bits per heavy atom. The third-order valence-corrected chi connectivity index (χ3v) is 2.48. The molecule has 60 valence electrons. The largest absolute Gasteiger partial charge is 0.357 e. The highest BCUT2D eigenvalue weighted by molar-refractivity contribution is 7.13. The summed E-state index contributed by atoms with van der Waals surface area (Å²) in [5.41, 5.74) is 7.35. The summed E-state index contributed by atoms with van der Waals surface area (Å²) in [5, 5.41) is 11.8. The lowest BCUT2D eigenvalue weighted by Gasteiger charge is -2.32. The van der Waals surface area contributed by atoms with Gasteiger partial charge in [-0.2, -0.15) is 0 Å². The van der Waals surface area contributed by atoms with Crippen LogP contribution in [0.1, 0.15) is 12.8 Å². The van der Waals surface area contributed by atoms with Crippen LogP contribution in [0.2, 0.25) is 0 Å². The van der Waals surface area contributed by atoms with E-state index in [9.17, 15) is 0 Å². The zero-order valence-corrected chi connectivity index (χ0v) is 6.84. The highest BCUT2D eigenvalue weighted by Gasteiger charge is 2.25. The number of hydrogen-bond acceptors (Lipinski definition) is 5. The number of aromatic nitrogens is 2. The van der Waals surface area contributed by atoms with Crippen molar-refractivity contribution >= 4 is 16.5 Å². The first kappa shape index (κ1) is 7.00. The Hall–Kier alpha value is -0.680. The molecule has 2 rings (SSSR count). The highest BCUT2D eigenvalue weighted by atomic mass is 32.1. The van der Waals surface area contributed by atoms with Gasteiger partial charge in [0.05, 0.1) is 0 Å². The lowest BCUT2D eigenvalue weighted by atomic mass is 9.88. The molecule has 0 bridgehead atoms. The molecule has 0 atom stereocenters. The summed E-state index contributed by atoms with van der Waals surface area (Å²) in [5.74, 6) is 0. The number of hydrogen-bond donors (Lipinski definition) is 2. The van der Waals surface area contributed by atoms with Gasteiger partial charge in [-0.05, 0) is 12.8 Å². The molecule has 3 N–H and O–H groups in total. The summed E-state index contributed by atoms with van der Waals surface area (Å²) in [6.07, 6.45) is 2.11. The molecule has 1 aliphatic carbocycles. The molecule has 0 amide bonds.